The van der Waals surface area contributed by atoms with E-state index in [0.717, 1.165) is 18.7 Å². The Morgan fingerprint density at radius 2 is 2.40 bits per heavy atom. The molecule has 0 aromatic rings. The second-order valence-electron chi connectivity index (χ2n) is 1.90. The van der Waals surface area contributed by atoms with Gasteiger partial charge in [-0.1, -0.05) is 0 Å². The molecule has 0 saturated heterocycles. The Kier molecular flexibility index (Phi) is 5.77. The molecule has 0 bridgehead atoms. The fourth-order valence-electron chi connectivity index (χ4n) is 0.610. The summed E-state index contributed by atoms with van der Waals surface area (Å²) in [4.78, 5) is 4.05. The standard InChI is InChI=1S/C7H15N3/c1-3-10-7(6-8)4-5-9-2/h3,6,9H,4-5,8H2,1-2H3/b7-6-,10-3?. The lowest BCUT2D eigenvalue weighted by atomic mass is 10.3. The quantitative estimate of drug-likeness (QED) is 0.560. The van der Waals surface area contributed by atoms with Gasteiger partial charge in [-0.05, 0) is 14.0 Å². The molecule has 0 saturated carbocycles. The molecule has 0 radical (unpaired) electrons. The monoisotopic (exact) mass is 141 g/mol. The summed E-state index contributed by atoms with van der Waals surface area (Å²) in [6.07, 6.45) is 4.17. The Hall–Kier alpha value is -0.830. The van der Waals surface area contributed by atoms with E-state index < -0.39 is 0 Å². The maximum atomic E-state index is 5.30. The molecular formula is C7H15N3. The van der Waals surface area contributed by atoms with Crippen molar-refractivity contribution in [2.75, 3.05) is 13.6 Å². The van der Waals surface area contributed by atoms with E-state index in [9.17, 15) is 0 Å². The Morgan fingerprint density at radius 1 is 1.70 bits per heavy atom. The molecule has 10 heavy (non-hydrogen) atoms. The van der Waals surface area contributed by atoms with Crippen molar-refractivity contribution in [3.8, 4) is 0 Å². The molecule has 0 rings (SSSR count). The van der Waals surface area contributed by atoms with Crippen LogP contribution in [0.25, 0.3) is 0 Å². The lowest BCUT2D eigenvalue weighted by Crippen LogP contribution is -2.08. The summed E-state index contributed by atoms with van der Waals surface area (Å²) in [7, 11) is 1.91. The van der Waals surface area contributed by atoms with Crippen LogP contribution >= 0.6 is 0 Å². The second-order valence-corrected chi connectivity index (χ2v) is 1.90. The van der Waals surface area contributed by atoms with Crippen LogP contribution in [0, 0.1) is 0 Å². The average Bonchev–Trinajstić information content (AvgIpc) is 1.98. The zero-order valence-electron chi connectivity index (χ0n) is 6.59. The Bertz CT molecular complexity index is 127. The number of aliphatic imine (C=N–C) groups is 1. The van der Waals surface area contributed by atoms with Crippen LogP contribution in [0.4, 0.5) is 0 Å². The van der Waals surface area contributed by atoms with Crippen molar-refractivity contribution in [2.24, 2.45) is 10.7 Å². The molecule has 58 valence electrons. The van der Waals surface area contributed by atoms with E-state index in [4.69, 9.17) is 5.73 Å². The average molecular weight is 141 g/mol. The van der Waals surface area contributed by atoms with E-state index in [1.165, 1.54) is 6.20 Å². The third-order valence-electron chi connectivity index (χ3n) is 1.12. The Morgan fingerprint density at radius 3 is 2.80 bits per heavy atom. The van der Waals surface area contributed by atoms with Crippen molar-refractivity contribution in [2.45, 2.75) is 13.3 Å². The van der Waals surface area contributed by atoms with Gasteiger partial charge in [-0.15, -0.1) is 0 Å². The highest BCUT2D eigenvalue weighted by molar-refractivity contribution is 5.55. The molecule has 3 heteroatoms. The minimum absolute atomic E-state index is 0.886. The first-order valence-corrected chi connectivity index (χ1v) is 3.39. The minimum Gasteiger partial charge on any atom is -0.403 e. The molecule has 0 atom stereocenters. The van der Waals surface area contributed by atoms with E-state index in [1.54, 1.807) is 6.21 Å². The fraction of sp³-hybridized carbons (Fsp3) is 0.571. The van der Waals surface area contributed by atoms with Crippen LogP contribution in [-0.2, 0) is 0 Å². The van der Waals surface area contributed by atoms with Gasteiger partial charge in [-0.25, -0.2) is 0 Å². The van der Waals surface area contributed by atoms with Crippen LogP contribution in [0.2, 0.25) is 0 Å². The van der Waals surface area contributed by atoms with Crippen LogP contribution in [-0.4, -0.2) is 19.8 Å². The predicted octanol–water partition coefficient (Wildman–Crippen LogP) is 0.487. The van der Waals surface area contributed by atoms with Gasteiger partial charge in [-0.2, -0.15) is 0 Å². The first-order chi connectivity index (χ1) is 4.85. The van der Waals surface area contributed by atoms with Gasteiger partial charge < -0.3 is 11.1 Å². The summed E-state index contributed by atoms with van der Waals surface area (Å²) in [6.45, 7) is 2.79. The summed E-state index contributed by atoms with van der Waals surface area (Å²) in [5.41, 5.74) is 6.22. The molecule has 3 N–H and O–H groups in total. The van der Waals surface area contributed by atoms with Gasteiger partial charge in [0, 0.05) is 25.4 Å². The van der Waals surface area contributed by atoms with Gasteiger partial charge in [0.15, 0.2) is 0 Å². The van der Waals surface area contributed by atoms with Crippen molar-refractivity contribution in [1.82, 2.24) is 5.32 Å². The molecule has 0 aromatic carbocycles. The second kappa shape index (κ2) is 6.29. The van der Waals surface area contributed by atoms with Crippen LogP contribution in [0.5, 0.6) is 0 Å². The van der Waals surface area contributed by atoms with Crippen LogP contribution < -0.4 is 11.1 Å². The van der Waals surface area contributed by atoms with Crippen molar-refractivity contribution in [1.29, 1.82) is 0 Å². The van der Waals surface area contributed by atoms with E-state index in [1.807, 2.05) is 14.0 Å². The van der Waals surface area contributed by atoms with E-state index in [-0.39, 0.29) is 0 Å². The highest BCUT2D eigenvalue weighted by Crippen LogP contribution is 1.97. The SMILES string of the molecule is CC=N/C(=C\N)CCNC. The van der Waals surface area contributed by atoms with E-state index >= 15 is 0 Å². The molecule has 0 amide bonds. The lowest BCUT2D eigenvalue weighted by molar-refractivity contribution is 0.779. The Balaban J connectivity index is 3.62. The molecule has 0 aliphatic heterocycles. The van der Waals surface area contributed by atoms with Gasteiger partial charge in [0.05, 0.1) is 5.70 Å². The Labute approximate surface area is 62.0 Å². The normalized spacial score (nSPS) is 12.8. The number of hydrogen-bond donors (Lipinski definition) is 2. The first kappa shape index (κ1) is 9.17. The molecule has 0 spiro atoms. The number of hydrogen-bond acceptors (Lipinski definition) is 3. The van der Waals surface area contributed by atoms with E-state index in [0.29, 0.717) is 0 Å². The molecular weight excluding hydrogens is 126 g/mol. The fourth-order valence-corrected chi connectivity index (χ4v) is 0.610. The summed E-state index contributed by atoms with van der Waals surface area (Å²) < 4.78 is 0. The number of nitrogens with two attached hydrogens (primary N) is 1. The van der Waals surface area contributed by atoms with Crippen LogP contribution in [0.15, 0.2) is 16.9 Å². The molecule has 0 fully saturated rings. The molecule has 3 nitrogen and oxygen atoms in total. The summed E-state index contributed by atoms with van der Waals surface area (Å²) in [5.74, 6) is 0. The van der Waals surface area contributed by atoms with Crippen LogP contribution in [0.3, 0.4) is 0 Å². The third-order valence-corrected chi connectivity index (χ3v) is 1.12. The van der Waals surface area contributed by atoms with Crippen LogP contribution in [0.1, 0.15) is 13.3 Å². The minimum atomic E-state index is 0.886. The maximum Gasteiger partial charge on any atom is 0.0566 e. The number of nitrogens with one attached hydrogen (secondary N) is 1. The summed E-state index contributed by atoms with van der Waals surface area (Å²) in [5, 5.41) is 3.02. The zero-order chi connectivity index (χ0) is 7.82. The molecule has 0 aliphatic rings. The van der Waals surface area contributed by atoms with E-state index in [2.05, 4.69) is 10.3 Å². The summed E-state index contributed by atoms with van der Waals surface area (Å²) >= 11 is 0. The zero-order valence-corrected chi connectivity index (χ0v) is 6.59. The highest BCUT2D eigenvalue weighted by atomic mass is 14.8. The molecule has 0 heterocycles. The van der Waals surface area contributed by atoms with Gasteiger partial charge in [0.1, 0.15) is 0 Å². The lowest BCUT2D eigenvalue weighted by Gasteiger charge is -1.97. The molecule has 0 unspecified atom stereocenters. The van der Waals surface area contributed by atoms with Gasteiger partial charge in [-0.3, -0.25) is 4.99 Å². The molecule has 0 aliphatic carbocycles. The van der Waals surface area contributed by atoms with Crippen molar-refractivity contribution < 1.29 is 0 Å². The topological polar surface area (TPSA) is 50.4 Å². The number of rotatable bonds is 4. The maximum absolute atomic E-state index is 5.30. The first-order valence-electron chi connectivity index (χ1n) is 3.39. The van der Waals surface area contributed by atoms with Gasteiger partial charge >= 0.3 is 0 Å². The largest absolute Gasteiger partial charge is 0.403 e. The molecule has 0 aromatic heterocycles. The predicted molar refractivity (Wildman–Crippen MR) is 45.0 cm³/mol. The van der Waals surface area contributed by atoms with Crippen molar-refractivity contribution >= 4 is 6.21 Å². The highest BCUT2D eigenvalue weighted by Gasteiger charge is 1.89. The van der Waals surface area contributed by atoms with Gasteiger partial charge in [0.25, 0.3) is 0 Å². The third kappa shape index (κ3) is 4.09. The number of nitrogens with zero attached hydrogens (tertiary/aromatic N) is 1. The smallest absolute Gasteiger partial charge is 0.0566 e. The van der Waals surface area contributed by atoms with Crippen molar-refractivity contribution in [3.05, 3.63) is 11.9 Å². The van der Waals surface area contributed by atoms with Crippen molar-refractivity contribution in [3.63, 3.8) is 0 Å². The summed E-state index contributed by atoms with van der Waals surface area (Å²) in [6, 6.07) is 0. The van der Waals surface area contributed by atoms with Gasteiger partial charge in [0.2, 0.25) is 0 Å².